The molecule has 150 valence electrons. The first-order valence-electron chi connectivity index (χ1n) is 9.14. The summed E-state index contributed by atoms with van der Waals surface area (Å²) in [5.41, 5.74) is -0.847. The average Bonchev–Trinajstić information content (AvgIpc) is 2.89. The van der Waals surface area contributed by atoms with Gasteiger partial charge in [-0.3, -0.25) is 4.79 Å². The molecular weight excluding hydrogens is 368 g/mol. The molecule has 1 atom stereocenters. The summed E-state index contributed by atoms with van der Waals surface area (Å²) in [6, 6.07) is 9.71. The summed E-state index contributed by atoms with van der Waals surface area (Å²) in [7, 11) is 1.36. The van der Waals surface area contributed by atoms with Crippen LogP contribution in [-0.2, 0) is 0 Å². The van der Waals surface area contributed by atoms with Gasteiger partial charge in [0.1, 0.15) is 23.8 Å². The third-order valence-corrected chi connectivity index (χ3v) is 4.92. The number of methoxy groups -OCH3 is 1. The van der Waals surface area contributed by atoms with Gasteiger partial charge < -0.3 is 19.5 Å². The summed E-state index contributed by atoms with van der Waals surface area (Å²) in [6.45, 7) is 0.846. The minimum Gasteiger partial charge on any atom is -0.494 e. The number of carbonyl (C=O) groups excluding carboxylic acids is 1. The van der Waals surface area contributed by atoms with Crippen molar-refractivity contribution in [3.8, 4) is 11.5 Å². The van der Waals surface area contributed by atoms with E-state index in [2.05, 4.69) is 0 Å². The van der Waals surface area contributed by atoms with Crippen LogP contribution in [-0.4, -0.2) is 48.3 Å². The van der Waals surface area contributed by atoms with E-state index in [4.69, 9.17) is 9.47 Å². The number of hydrogen-bond donors (Lipinski definition) is 1. The maximum absolute atomic E-state index is 13.9. The van der Waals surface area contributed by atoms with Crippen molar-refractivity contribution in [2.24, 2.45) is 0 Å². The van der Waals surface area contributed by atoms with Crippen molar-refractivity contribution in [3.63, 3.8) is 0 Å². The molecule has 1 amide bonds. The molecule has 1 unspecified atom stereocenters. The molecule has 5 nitrogen and oxygen atoms in total. The smallest absolute Gasteiger partial charge is 0.253 e. The van der Waals surface area contributed by atoms with Crippen LogP contribution in [0.25, 0.3) is 0 Å². The maximum atomic E-state index is 13.9. The van der Waals surface area contributed by atoms with E-state index in [9.17, 15) is 18.7 Å². The molecule has 0 aromatic heterocycles. The molecule has 1 aliphatic heterocycles. The molecule has 0 spiro atoms. The van der Waals surface area contributed by atoms with E-state index in [0.29, 0.717) is 38.1 Å². The van der Waals surface area contributed by atoms with Gasteiger partial charge in [0, 0.05) is 18.7 Å². The largest absolute Gasteiger partial charge is 0.494 e. The zero-order valence-electron chi connectivity index (χ0n) is 15.7. The van der Waals surface area contributed by atoms with Crippen LogP contribution in [0, 0.1) is 11.6 Å². The molecule has 1 aliphatic rings. The number of ether oxygens (including phenoxy) is 2. The van der Waals surface area contributed by atoms with Gasteiger partial charge in [0.15, 0.2) is 11.6 Å². The summed E-state index contributed by atoms with van der Waals surface area (Å²) >= 11 is 0. The second kappa shape index (κ2) is 8.56. The Labute approximate surface area is 162 Å². The Morgan fingerprint density at radius 3 is 2.57 bits per heavy atom. The van der Waals surface area contributed by atoms with Crippen LogP contribution in [0.15, 0.2) is 42.5 Å². The number of amides is 1. The second-order valence-electron chi connectivity index (χ2n) is 6.96. The third kappa shape index (κ3) is 4.78. The second-order valence-corrected chi connectivity index (χ2v) is 6.96. The van der Waals surface area contributed by atoms with Gasteiger partial charge in [-0.15, -0.1) is 0 Å². The molecule has 0 bridgehead atoms. The van der Waals surface area contributed by atoms with Crippen molar-refractivity contribution in [1.82, 2.24) is 4.90 Å². The van der Waals surface area contributed by atoms with Crippen LogP contribution < -0.4 is 9.47 Å². The number of aliphatic hydroxyl groups is 1. The molecule has 0 aliphatic carbocycles. The molecule has 0 radical (unpaired) electrons. The van der Waals surface area contributed by atoms with E-state index < -0.39 is 11.4 Å². The van der Waals surface area contributed by atoms with Crippen LogP contribution in [0.4, 0.5) is 8.78 Å². The van der Waals surface area contributed by atoms with Crippen molar-refractivity contribution >= 4 is 5.91 Å². The molecule has 0 saturated carbocycles. The van der Waals surface area contributed by atoms with Crippen LogP contribution in [0.2, 0.25) is 0 Å². The topological polar surface area (TPSA) is 59.0 Å². The molecule has 1 N–H and O–H groups in total. The van der Waals surface area contributed by atoms with E-state index in [1.54, 1.807) is 4.90 Å². The van der Waals surface area contributed by atoms with Gasteiger partial charge in [-0.1, -0.05) is 0 Å². The van der Waals surface area contributed by atoms with E-state index in [-0.39, 0.29) is 29.6 Å². The van der Waals surface area contributed by atoms with Crippen molar-refractivity contribution < 1.29 is 28.2 Å². The van der Waals surface area contributed by atoms with E-state index in [1.165, 1.54) is 43.5 Å². The monoisotopic (exact) mass is 391 g/mol. The van der Waals surface area contributed by atoms with Gasteiger partial charge in [0.05, 0.1) is 7.11 Å². The van der Waals surface area contributed by atoms with Crippen LogP contribution in [0.5, 0.6) is 11.5 Å². The number of benzene rings is 2. The normalized spacial score (nSPS) is 19.8. The summed E-state index contributed by atoms with van der Waals surface area (Å²) in [6.07, 6.45) is 1.39. The van der Waals surface area contributed by atoms with Crippen LogP contribution in [0.1, 0.15) is 29.6 Å². The quantitative estimate of drug-likeness (QED) is 0.849. The highest BCUT2D eigenvalue weighted by atomic mass is 19.1. The molecule has 1 saturated heterocycles. The lowest BCUT2D eigenvalue weighted by atomic mass is 9.96. The summed E-state index contributed by atoms with van der Waals surface area (Å²) < 4.78 is 37.3. The zero-order valence-corrected chi connectivity index (χ0v) is 15.7. The van der Waals surface area contributed by atoms with Crippen LogP contribution in [0.3, 0.4) is 0 Å². The Morgan fingerprint density at radius 1 is 1.14 bits per heavy atom. The summed E-state index contributed by atoms with van der Waals surface area (Å²) in [5, 5.41) is 10.8. The summed E-state index contributed by atoms with van der Waals surface area (Å²) in [5.74, 6) is -0.678. The molecule has 2 aromatic carbocycles. The van der Waals surface area contributed by atoms with Gasteiger partial charge in [0.2, 0.25) is 0 Å². The lowest BCUT2D eigenvalue weighted by Crippen LogP contribution is -2.38. The molecule has 3 rings (SSSR count). The first kappa shape index (κ1) is 20.1. The standard InChI is InChI=1S/C21H23F2NO4/c1-27-19-8-3-15(13-18(19)23)20(25)24-11-2-9-21(26,10-12-24)14-28-17-6-4-16(22)5-7-17/h3-8,13,26H,2,9-12,14H2,1H3. The first-order chi connectivity index (χ1) is 13.4. The molecule has 28 heavy (non-hydrogen) atoms. The minimum atomic E-state index is -1.09. The fraction of sp³-hybridized carbons (Fsp3) is 0.381. The van der Waals surface area contributed by atoms with E-state index >= 15 is 0 Å². The molecular formula is C21H23F2NO4. The Morgan fingerprint density at radius 2 is 1.89 bits per heavy atom. The van der Waals surface area contributed by atoms with Crippen molar-refractivity contribution in [1.29, 1.82) is 0 Å². The minimum absolute atomic E-state index is 0.0534. The Balaban J connectivity index is 1.61. The lowest BCUT2D eigenvalue weighted by molar-refractivity contribution is -0.0163. The van der Waals surface area contributed by atoms with Crippen molar-refractivity contribution in [2.45, 2.75) is 24.9 Å². The number of carbonyl (C=O) groups is 1. The molecule has 1 heterocycles. The predicted molar refractivity (Wildman–Crippen MR) is 99.6 cm³/mol. The highest BCUT2D eigenvalue weighted by Crippen LogP contribution is 2.26. The van der Waals surface area contributed by atoms with Gasteiger partial charge in [-0.25, -0.2) is 8.78 Å². The number of rotatable bonds is 5. The van der Waals surface area contributed by atoms with Crippen LogP contribution >= 0.6 is 0 Å². The predicted octanol–water partition coefficient (Wildman–Crippen LogP) is 3.41. The summed E-state index contributed by atoms with van der Waals surface area (Å²) in [4.78, 5) is 14.3. The zero-order chi connectivity index (χ0) is 20.1. The average molecular weight is 391 g/mol. The van der Waals surface area contributed by atoms with Crippen molar-refractivity contribution in [2.75, 3.05) is 26.8 Å². The fourth-order valence-electron chi connectivity index (χ4n) is 3.26. The van der Waals surface area contributed by atoms with E-state index in [0.717, 1.165) is 6.07 Å². The van der Waals surface area contributed by atoms with Gasteiger partial charge in [-0.05, 0) is 61.7 Å². The molecule has 7 heteroatoms. The number of halogens is 2. The first-order valence-corrected chi connectivity index (χ1v) is 9.14. The van der Waals surface area contributed by atoms with Crippen molar-refractivity contribution in [3.05, 3.63) is 59.7 Å². The van der Waals surface area contributed by atoms with Gasteiger partial charge in [-0.2, -0.15) is 0 Å². The fourth-order valence-corrected chi connectivity index (χ4v) is 3.26. The third-order valence-electron chi connectivity index (χ3n) is 4.92. The van der Waals surface area contributed by atoms with Gasteiger partial charge in [0.25, 0.3) is 5.91 Å². The lowest BCUT2D eigenvalue weighted by Gasteiger charge is -2.27. The SMILES string of the molecule is COc1ccc(C(=O)N2CCCC(O)(COc3ccc(F)cc3)CC2)cc1F. The number of hydrogen-bond acceptors (Lipinski definition) is 4. The highest BCUT2D eigenvalue weighted by Gasteiger charge is 2.32. The number of likely N-dealkylation sites (tertiary alicyclic amines) is 1. The van der Waals surface area contributed by atoms with Gasteiger partial charge >= 0.3 is 0 Å². The number of nitrogens with zero attached hydrogens (tertiary/aromatic N) is 1. The Kier molecular flexibility index (Phi) is 6.14. The highest BCUT2D eigenvalue weighted by molar-refractivity contribution is 5.94. The molecule has 2 aromatic rings. The molecule has 1 fully saturated rings. The maximum Gasteiger partial charge on any atom is 0.253 e. The Bertz CT molecular complexity index is 828. The Hall–Kier alpha value is -2.67. The van der Waals surface area contributed by atoms with E-state index in [1.807, 2.05) is 0 Å².